The van der Waals surface area contributed by atoms with E-state index in [9.17, 15) is 13.2 Å². The van der Waals surface area contributed by atoms with E-state index in [0.717, 1.165) is 36.6 Å². The molecule has 0 saturated heterocycles. The van der Waals surface area contributed by atoms with Crippen LogP contribution in [0.5, 0.6) is 0 Å². The van der Waals surface area contributed by atoms with Gasteiger partial charge in [-0.3, -0.25) is 0 Å². The van der Waals surface area contributed by atoms with E-state index < -0.39 is 11.7 Å². The lowest BCUT2D eigenvalue weighted by molar-refractivity contribution is -0.137. The normalized spacial score (nSPS) is 16.8. The van der Waals surface area contributed by atoms with Gasteiger partial charge in [0.15, 0.2) is 0 Å². The van der Waals surface area contributed by atoms with Gasteiger partial charge in [0.25, 0.3) is 0 Å². The van der Waals surface area contributed by atoms with Gasteiger partial charge in [0.2, 0.25) is 0 Å². The van der Waals surface area contributed by atoms with Crippen LogP contribution in [0, 0.1) is 5.92 Å². The predicted molar refractivity (Wildman–Crippen MR) is 74.3 cm³/mol. The highest BCUT2D eigenvalue weighted by atomic mass is 19.4. The van der Waals surface area contributed by atoms with Gasteiger partial charge in [0, 0.05) is 6.54 Å². The maximum absolute atomic E-state index is 12.4. The summed E-state index contributed by atoms with van der Waals surface area (Å²) in [5.74, 6) is 0.905. The number of benzene rings is 1. The summed E-state index contributed by atoms with van der Waals surface area (Å²) in [4.78, 5) is 0. The minimum absolute atomic E-state index is 0.581. The Bertz CT molecular complexity index is 391. The van der Waals surface area contributed by atoms with Crippen molar-refractivity contribution in [3.8, 4) is 0 Å². The van der Waals surface area contributed by atoms with Crippen LogP contribution in [0.15, 0.2) is 24.3 Å². The third kappa shape index (κ3) is 4.82. The number of rotatable bonds is 6. The van der Waals surface area contributed by atoms with Gasteiger partial charge in [-0.05, 0) is 43.0 Å². The Kier molecular flexibility index (Phi) is 5.46. The van der Waals surface area contributed by atoms with Gasteiger partial charge >= 0.3 is 6.18 Å². The van der Waals surface area contributed by atoms with Crippen molar-refractivity contribution in [1.82, 2.24) is 5.32 Å². The molecule has 20 heavy (non-hydrogen) atoms. The molecule has 0 bridgehead atoms. The van der Waals surface area contributed by atoms with E-state index in [1.807, 2.05) is 0 Å². The second-order valence-corrected chi connectivity index (χ2v) is 5.66. The lowest BCUT2D eigenvalue weighted by Gasteiger charge is -2.10. The molecule has 0 radical (unpaired) electrons. The highest BCUT2D eigenvalue weighted by Crippen LogP contribution is 2.29. The molecule has 0 spiro atoms. The average molecular weight is 285 g/mol. The largest absolute Gasteiger partial charge is 0.416 e. The minimum atomic E-state index is -4.24. The summed E-state index contributed by atoms with van der Waals surface area (Å²) in [7, 11) is 0. The summed E-state index contributed by atoms with van der Waals surface area (Å²) in [5, 5.41) is 3.30. The van der Waals surface area contributed by atoms with Gasteiger partial charge in [0.1, 0.15) is 0 Å². The first-order valence-corrected chi connectivity index (χ1v) is 7.42. The van der Waals surface area contributed by atoms with Crippen LogP contribution in [0.3, 0.4) is 0 Å². The zero-order chi connectivity index (χ0) is 14.4. The van der Waals surface area contributed by atoms with Crippen molar-refractivity contribution in [2.24, 2.45) is 5.92 Å². The number of hydrogen-bond donors (Lipinski definition) is 1. The summed E-state index contributed by atoms with van der Waals surface area (Å²) in [6.45, 7) is 1.58. The first-order valence-electron chi connectivity index (χ1n) is 7.42. The SMILES string of the molecule is FC(F)(F)c1ccc(CNCCCC2CCCC2)cc1. The van der Waals surface area contributed by atoms with Crippen LogP contribution in [-0.4, -0.2) is 6.54 Å². The standard InChI is InChI=1S/C16H22F3N/c17-16(18,19)15-9-7-14(8-10-15)12-20-11-3-6-13-4-1-2-5-13/h7-10,13,20H,1-6,11-12H2. The van der Waals surface area contributed by atoms with Crippen molar-refractivity contribution in [3.63, 3.8) is 0 Å². The minimum Gasteiger partial charge on any atom is -0.313 e. The van der Waals surface area contributed by atoms with Crippen LogP contribution in [0.4, 0.5) is 13.2 Å². The highest BCUT2D eigenvalue weighted by Gasteiger charge is 2.29. The predicted octanol–water partition coefficient (Wildman–Crippen LogP) is 4.77. The Labute approximate surface area is 118 Å². The molecule has 1 nitrogen and oxygen atoms in total. The molecule has 1 N–H and O–H groups in total. The third-order valence-electron chi connectivity index (χ3n) is 4.05. The lowest BCUT2D eigenvalue weighted by Crippen LogP contribution is -2.15. The van der Waals surface area contributed by atoms with E-state index in [-0.39, 0.29) is 0 Å². The molecule has 4 heteroatoms. The highest BCUT2D eigenvalue weighted by molar-refractivity contribution is 5.24. The molecule has 1 aromatic rings. The summed E-state index contributed by atoms with van der Waals surface area (Å²) < 4.78 is 37.2. The van der Waals surface area contributed by atoms with Crippen molar-refractivity contribution in [2.45, 2.75) is 51.2 Å². The van der Waals surface area contributed by atoms with E-state index in [1.165, 1.54) is 32.1 Å². The van der Waals surface area contributed by atoms with Gasteiger partial charge in [0.05, 0.1) is 5.56 Å². The Morgan fingerprint density at radius 1 is 1.05 bits per heavy atom. The first kappa shape index (κ1) is 15.4. The average Bonchev–Trinajstić information content (AvgIpc) is 2.91. The van der Waals surface area contributed by atoms with Crippen molar-refractivity contribution >= 4 is 0 Å². The van der Waals surface area contributed by atoms with Crippen LogP contribution in [0.2, 0.25) is 0 Å². The fraction of sp³-hybridized carbons (Fsp3) is 0.625. The summed E-state index contributed by atoms with van der Waals surface area (Å²) in [5.41, 5.74) is 0.321. The van der Waals surface area contributed by atoms with Gasteiger partial charge in [-0.15, -0.1) is 0 Å². The van der Waals surface area contributed by atoms with Crippen LogP contribution in [0.1, 0.15) is 49.7 Å². The Morgan fingerprint density at radius 3 is 2.30 bits per heavy atom. The number of hydrogen-bond acceptors (Lipinski definition) is 1. The molecule has 0 amide bonds. The van der Waals surface area contributed by atoms with E-state index in [1.54, 1.807) is 12.1 Å². The molecule has 1 saturated carbocycles. The molecule has 1 aliphatic carbocycles. The molecule has 0 heterocycles. The fourth-order valence-corrected chi connectivity index (χ4v) is 2.86. The number of nitrogens with one attached hydrogen (secondary N) is 1. The number of alkyl halides is 3. The molecule has 0 aromatic heterocycles. The maximum atomic E-state index is 12.4. The van der Waals surface area contributed by atoms with E-state index in [4.69, 9.17) is 0 Å². The second-order valence-electron chi connectivity index (χ2n) is 5.66. The van der Waals surface area contributed by atoms with E-state index in [0.29, 0.717) is 6.54 Å². The first-order chi connectivity index (χ1) is 9.55. The summed E-state index contributed by atoms with van der Waals surface area (Å²) in [6, 6.07) is 5.39. The molecule has 0 atom stereocenters. The number of halogens is 3. The molecule has 0 aliphatic heterocycles. The molecule has 1 aromatic carbocycles. The molecule has 2 rings (SSSR count). The van der Waals surface area contributed by atoms with Crippen LogP contribution in [0.25, 0.3) is 0 Å². The molecule has 112 valence electrons. The van der Waals surface area contributed by atoms with Crippen molar-refractivity contribution in [2.75, 3.05) is 6.54 Å². The van der Waals surface area contributed by atoms with E-state index in [2.05, 4.69) is 5.32 Å². The fourth-order valence-electron chi connectivity index (χ4n) is 2.86. The molecule has 1 fully saturated rings. The second kappa shape index (κ2) is 7.11. The van der Waals surface area contributed by atoms with Crippen LogP contribution < -0.4 is 5.32 Å². The van der Waals surface area contributed by atoms with Crippen molar-refractivity contribution in [3.05, 3.63) is 35.4 Å². The monoisotopic (exact) mass is 285 g/mol. The Morgan fingerprint density at radius 2 is 1.70 bits per heavy atom. The van der Waals surface area contributed by atoms with Gasteiger partial charge in [-0.25, -0.2) is 0 Å². The maximum Gasteiger partial charge on any atom is 0.416 e. The topological polar surface area (TPSA) is 12.0 Å². The smallest absolute Gasteiger partial charge is 0.313 e. The zero-order valence-corrected chi connectivity index (χ0v) is 11.7. The van der Waals surface area contributed by atoms with Crippen molar-refractivity contribution < 1.29 is 13.2 Å². The van der Waals surface area contributed by atoms with Gasteiger partial charge < -0.3 is 5.32 Å². The summed E-state index contributed by atoms with van der Waals surface area (Å²) in [6.07, 6.45) is 3.70. The van der Waals surface area contributed by atoms with Gasteiger partial charge in [-0.2, -0.15) is 13.2 Å². The molecule has 1 aliphatic rings. The van der Waals surface area contributed by atoms with Crippen LogP contribution in [-0.2, 0) is 12.7 Å². The van der Waals surface area contributed by atoms with Crippen molar-refractivity contribution in [1.29, 1.82) is 0 Å². The lowest BCUT2D eigenvalue weighted by atomic mass is 10.0. The van der Waals surface area contributed by atoms with E-state index >= 15 is 0 Å². The Balaban J connectivity index is 1.64. The molecular formula is C16H22F3N. The summed E-state index contributed by atoms with van der Waals surface area (Å²) >= 11 is 0. The quantitative estimate of drug-likeness (QED) is 0.743. The zero-order valence-electron chi connectivity index (χ0n) is 11.7. The Hall–Kier alpha value is -1.03. The molecule has 0 unspecified atom stereocenters. The third-order valence-corrected chi connectivity index (χ3v) is 4.05. The van der Waals surface area contributed by atoms with Gasteiger partial charge in [-0.1, -0.05) is 37.8 Å². The molecular weight excluding hydrogens is 263 g/mol. The van der Waals surface area contributed by atoms with Crippen LogP contribution >= 0.6 is 0 Å².